The lowest BCUT2D eigenvalue weighted by molar-refractivity contribution is -0.137. The van der Waals surface area contributed by atoms with Crippen LogP contribution in [0.25, 0.3) is 0 Å². The number of nitrogens with two attached hydrogens (primary N) is 1. The van der Waals surface area contributed by atoms with E-state index in [1.54, 1.807) is 11.8 Å². The van der Waals surface area contributed by atoms with Gasteiger partial charge in [0.2, 0.25) is 0 Å². The highest BCUT2D eigenvalue weighted by atomic mass is 32.2. The molecule has 1 aliphatic rings. The molecule has 0 radical (unpaired) electrons. The second-order valence-corrected chi connectivity index (χ2v) is 6.09. The Hall–Kier alpha value is -1.37. The number of benzene rings is 1. The van der Waals surface area contributed by atoms with Gasteiger partial charge >= 0.3 is 6.18 Å². The summed E-state index contributed by atoms with van der Waals surface area (Å²) in [6, 6.07) is 3.78. The molecule has 1 aromatic carbocycles. The van der Waals surface area contributed by atoms with E-state index in [1.165, 1.54) is 12.1 Å². The quantitative estimate of drug-likeness (QED) is 0.386. The van der Waals surface area contributed by atoms with Crippen LogP contribution >= 0.6 is 11.8 Å². The second kappa shape index (κ2) is 5.95. The highest BCUT2D eigenvalue weighted by Gasteiger charge is 2.34. The van der Waals surface area contributed by atoms with Crippen LogP contribution in [0.15, 0.2) is 28.3 Å². The van der Waals surface area contributed by atoms with Crippen molar-refractivity contribution in [2.75, 3.05) is 0 Å². The molecule has 0 spiro atoms. The third-order valence-corrected chi connectivity index (χ3v) is 4.62. The van der Waals surface area contributed by atoms with Crippen LogP contribution in [-0.2, 0) is 6.18 Å². The molecule has 7 heteroatoms. The number of nitrogens with zero attached hydrogens (tertiary/aromatic N) is 1. The van der Waals surface area contributed by atoms with E-state index in [0.29, 0.717) is 10.1 Å². The van der Waals surface area contributed by atoms with E-state index in [-0.39, 0.29) is 5.56 Å². The molecular formula is C13H15F3N2OS. The lowest BCUT2D eigenvalue weighted by Gasteiger charge is -2.15. The first-order valence-corrected chi connectivity index (χ1v) is 7.15. The molecule has 110 valence electrons. The van der Waals surface area contributed by atoms with Crippen molar-refractivity contribution >= 4 is 17.6 Å². The summed E-state index contributed by atoms with van der Waals surface area (Å²) in [5.74, 6) is -0.522. The van der Waals surface area contributed by atoms with Gasteiger partial charge in [-0.2, -0.15) is 13.2 Å². The van der Waals surface area contributed by atoms with Crippen molar-refractivity contribution in [1.29, 1.82) is 0 Å². The van der Waals surface area contributed by atoms with Crippen LogP contribution in [0.5, 0.6) is 0 Å². The first-order valence-electron chi connectivity index (χ1n) is 6.27. The third-order valence-electron chi connectivity index (χ3n) is 3.29. The van der Waals surface area contributed by atoms with E-state index in [2.05, 4.69) is 5.16 Å². The van der Waals surface area contributed by atoms with Crippen molar-refractivity contribution in [2.24, 2.45) is 10.9 Å². The highest BCUT2D eigenvalue weighted by Crippen LogP contribution is 2.38. The van der Waals surface area contributed by atoms with Gasteiger partial charge in [-0.05, 0) is 31.0 Å². The van der Waals surface area contributed by atoms with Crippen molar-refractivity contribution in [1.82, 2.24) is 0 Å². The number of halogens is 3. The number of hydrogen-bond acceptors (Lipinski definition) is 3. The van der Waals surface area contributed by atoms with Crippen molar-refractivity contribution in [3.63, 3.8) is 0 Å². The zero-order chi connectivity index (χ0) is 14.8. The average Bonchev–Trinajstić information content (AvgIpc) is 2.89. The van der Waals surface area contributed by atoms with Gasteiger partial charge < -0.3 is 10.9 Å². The maximum absolute atomic E-state index is 12.9. The summed E-state index contributed by atoms with van der Waals surface area (Å²) >= 11 is 1.55. The van der Waals surface area contributed by atoms with Gasteiger partial charge in [0, 0.05) is 15.7 Å². The fourth-order valence-electron chi connectivity index (χ4n) is 2.31. The minimum Gasteiger partial charge on any atom is -0.409 e. The van der Waals surface area contributed by atoms with Crippen molar-refractivity contribution in [2.45, 2.75) is 42.0 Å². The van der Waals surface area contributed by atoms with Gasteiger partial charge in [-0.25, -0.2) is 0 Å². The Labute approximate surface area is 119 Å². The molecule has 0 aromatic heterocycles. The van der Waals surface area contributed by atoms with Crippen molar-refractivity contribution in [3.8, 4) is 0 Å². The second-order valence-electron chi connectivity index (χ2n) is 4.71. The molecule has 0 amide bonds. The van der Waals surface area contributed by atoms with E-state index in [4.69, 9.17) is 10.9 Å². The maximum Gasteiger partial charge on any atom is 0.417 e. The summed E-state index contributed by atoms with van der Waals surface area (Å²) in [6.07, 6.45) is -0.0623. The molecule has 1 aromatic rings. The Kier molecular flexibility index (Phi) is 4.47. The predicted molar refractivity (Wildman–Crippen MR) is 72.1 cm³/mol. The van der Waals surface area contributed by atoms with E-state index in [9.17, 15) is 13.2 Å². The van der Waals surface area contributed by atoms with Gasteiger partial charge in [-0.3, -0.25) is 0 Å². The predicted octanol–water partition coefficient (Wildman–Crippen LogP) is 3.83. The molecule has 2 rings (SSSR count). The largest absolute Gasteiger partial charge is 0.417 e. The van der Waals surface area contributed by atoms with E-state index in [1.807, 2.05) is 0 Å². The normalized spacial score (nSPS) is 17.6. The topological polar surface area (TPSA) is 58.6 Å². The Balaban J connectivity index is 2.33. The van der Waals surface area contributed by atoms with Crippen LogP contribution in [0.1, 0.15) is 36.8 Å². The van der Waals surface area contributed by atoms with Gasteiger partial charge in [0.25, 0.3) is 0 Å². The minimum atomic E-state index is -4.53. The highest BCUT2D eigenvalue weighted by molar-refractivity contribution is 8.00. The Morgan fingerprint density at radius 3 is 2.50 bits per heavy atom. The van der Waals surface area contributed by atoms with E-state index < -0.39 is 17.6 Å². The van der Waals surface area contributed by atoms with Crippen LogP contribution in [0, 0.1) is 0 Å². The molecule has 0 heterocycles. The van der Waals surface area contributed by atoms with Gasteiger partial charge in [-0.15, -0.1) is 11.8 Å². The average molecular weight is 304 g/mol. The standard InChI is InChI=1S/C13H15F3N2OS/c14-13(15,16)11-6-5-9(7-10(11)12(17)18-19)20-8-3-1-2-4-8/h5-8,19H,1-4H2,(H2,17,18). The Bertz CT molecular complexity index is 511. The first kappa shape index (κ1) is 15.0. The maximum atomic E-state index is 12.9. The summed E-state index contributed by atoms with van der Waals surface area (Å²) in [5, 5.41) is 11.8. The number of alkyl halides is 3. The molecule has 3 nitrogen and oxygen atoms in total. The monoisotopic (exact) mass is 304 g/mol. The molecule has 0 bridgehead atoms. The van der Waals surface area contributed by atoms with E-state index in [0.717, 1.165) is 31.7 Å². The smallest absolute Gasteiger partial charge is 0.409 e. The van der Waals surface area contributed by atoms with Crippen LogP contribution in [-0.4, -0.2) is 16.3 Å². The minimum absolute atomic E-state index is 0.275. The summed E-state index contributed by atoms with van der Waals surface area (Å²) in [5.41, 5.74) is 4.20. The SMILES string of the molecule is N/C(=N/O)c1cc(SC2CCCC2)ccc1C(F)(F)F. The molecule has 0 aliphatic heterocycles. The number of hydrogen-bond donors (Lipinski definition) is 2. The molecule has 0 unspecified atom stereocenters. The molecule has 1 fully saturated rings. The zero-order valence-electron chi connectivity index (χ0n) is 10.7. The summed E-state index contributed by atoms with van der Waals surface area (Å²) in [4.78, 5) is 0.714. The first-order chi connectivity index (χ1) is 9.41. The molecule has 0 saturated heterocycles. The van der Waals surface area contributed by atoms with Crippen LogP contribution in [0.3, 0.4) is 0 Å². The van der Waals surface area contributed by atoms with Crippen molar-refractivity contribution < 1.29 is 18.4 Å². The van der Waals surface area contributed by atoms with Gasteiger partial charge in [0.15, 0.2) is 5.84 Å². The Morgan fingerprint density at radius 1 is 1.30 bits per heavy atom. The summed E-state index contributed by atoms with van der Waals surface area (Å²) in [7, 11) is 0. The fourth-order valence-corrected chi connectivity index (χ4v) is 3.59. The van der Waals surface area contributed by atoms with Crippen LogP contribution < -0.4 is 5.73 Å². The van der Waals surface area contributed by atoms with Crippen LogP contribution in [0.2, 0.25) is 0 Å². The Morgan fingerprint density at radius 2 is 1.95 bits per heavy atom. The van der Waals surface area contributed by atoms with Gasteiger partial charge in [0.1, 0.15) is 0 Å². The molecule has 0 atom stereocenters. The lowest BCUT2D eigenvalue weighted by atomic mass is 10.1. The zero-order valence-corrected chi connectivity index (χ0v) is 11.5. The molecule has 1 saturated carbocycles. The summed E-state index contributed by atoms with van der Waals surface area (Å²) in [6.45, 7) is 0. The third kappa shape index (κ3) is 3.39. The van der Waals surface area contributed by atoms with Gasteiger partial charge in [0.05, 0.1) is 5.56 Å². The fraction of sp³-hybridized carbons (Fsp3) is 0.462. The molecule has 1 aliphatic carbocycles. The summed E-state index contributed by atoms with van der Waals surface area (Å²) < 4.78 is 38.6. The molecule has 3 N–H and O–H groups in total. The lowest BCUT2D eigenvalue weighted by Crippen LogP contribution is -2.20. The number of rotatable bonds is 3. The number of oxime groups is 1. The van der Waals surface area contributed by atoms with E-state index >= 15 is 0 Å². The molecular weight excluding hydrogens is 289 g/mol. The number of thioether (sulfide) groups is 1. The van der Waals surface area contributed by atoms with Gasteiger partial charge in [-0.1, -0.05) is 18.0 Å². The van der Waals surface area contributed by atoms with Crippen LogP contribution in [0.4, 0.5) is 13.2 Å². The van der Waals surface area contributed by atoms with Crippen molar-refractivity contribution in [3.05, 3.63) is 29.3 Å². The molecule has 20 heavy (non-hydrogen) atoms. The number of amidine groups is 1.